The molecule has 1 amide bonds. The molecule has 1 N–H and O–H groups in total. The van der Waals surface area contributed by atoms with Gasteiger partial charge in [-0.05, 0) is 38.3 Å². The number of hydrogen-bond donors (Lipinski definition) is 1. The molecule has 1 heterocycles. The van der Waals surface area contributed by atoms with Crippen molar-refractivity contribution in [2.75, 3.05) is 7.05 Å². The summed E-state index contributed by atoms with van der Waals surface area (Å²) < 4.78 is 5.44. The number of amides is 1. The molecule has 1 aliphatic rings. The van der Waals surface area contributed by atoms with Crippen molar-refractivity contribution >= 4 is 11.9 Å². The standard InChI is InChI=1S/C14H19NO4/c1-9-3-6-12(19-9)8-15(2)13(16)10-4-5-11(7-10)14(17)18/h3,6,10-11H,4-5,7-8H2,1-2H3,(H,17,18). The fraction of sp³-hybridized carbons (Fsp3) is 0.571. The summed E-state index contributed by atoms with van der Waals surface area (Å²) in [5.41, 5.74) is 0. The van der Waals surface area contributed by atoms with Crippen LogP contribution in [0.3, 0.4) is 0 Å². The Kier molecular flexibility index (Phi) is 3.93. The van der Waals surface area contributed by atoms with Gasteiger partial charge in [0.15, 0.2) is 0 Å². The highest BCUT2D eigenvalue weighted by Crippen LogP contribution is 2.32. The molecule has 1 aromatic rings. The van der Waals surface area contributed by atoms with Crippen molar-refractivity contribution in [3.05, 3.63) is 23.7 Å². The maximum absolute atomic E-state index is 12.2. The SMILES string of the molecule is Cc1ccc(CN(C)C(=O)C2CCC(C(=O)O)C2)o1. The van der Waals surface area contributed by atoms with Gasteiger partial charge < -0.3 is 14.4 Å². The Morgan fingerprint density at radius 1 is 1.37 bits per heavy atom. The quantitative estimate of drug-likeness (QED) is 0.904. The lowest BCUT2D eigenvalue weighted by atomic mass is 10.0. The molecule has 19 heavy (non-hydrogen) atoms. The van der Waals surface area contributed by atoms with Crippen LogP contribution in [-0.4, -0.2) is 28.9 Å². The van der Waals surface area contributed by atoms with Gasteiger partial charge >= 0.3 is 5.97 Å². The van der Waals surface area contributed by atoms with E-state index in [0.29, 0.717) is 25.8 Å². The van der Waals surface area contributed by atoms with Crippen LogP contribution in [0.2, 0.25) is 0 Å². The summed E-state index contributed by atoms with van der Waals surface area (Å²) in [4.78, 5) is 24.7. The first kappa shape index (κ1) is 13.6. The first-order chi connectivity index (χ1) is 8.97. The van der Waals surface area contributed by atoms with Crippen LogP contribution in [0.5, 0.6) is 0 Å². The van der Waals surface area contributed by atoms with E-state index in [9.17, 15) is 9.59 Å². The number of hydrogen-bond acceptors (Lipinski definition) is 3. The molecule has 1 fully saturated rings. The van der Waals surface area contributed by atoms with E-state index in [4.69, 9.17) is 9.52 Å². The van der Waals surface area contributed by atoms with E-state index in [0.717, 1.165) is 11.5 Å². The smallest absolute Gasteiger partial charge is 0.306 e. The van der Waals surface area contributed by atoms with Crippen molar-refractivity contribution < 1.29 is 19.1 Å². The van der Waals surface area contributed by atoms with Gasteiger partial charge in [0.05, 0.1) is 12.5 Å². The molecule has 0 radical (unpaired) electrons. The minimum atomic E-state index is -0.792. The van der Waals surface area contributed by atoms with Gasteiger partial charge in [0, 0.05) is 13.0 Å². The Bertz CT molecular complexity index is 480. The maximum Gasteiger partial charge on any atom is 0.306 e. The van der Waals surface area contributed by atoms with Gasteiger partial charge in [-0.25, -0.2) is 0 Å². The minimum absolute atomic E-state index is 0.0119. The molecule has 2 atom stereocenters. The largest absolute Gasteiger partial charge is 0.481 e. The number of rotatable bonds is 4. The third kappa shape index (κ3) is 3.16. The zero-order valence-corrected chi connectivity index (χ0v) is 11.3. The van der Waals surface area contributed by atoms with Gasteiger partial charge in [-0.1, -0.05) is 0 Å². The predicted molar refractivity (Wildman–Crippen MR) is 68.4 cm³/mol. The average Bonchev–Trinajstić information content (AvgIpc) is 2.97. The summed E-state index contributed by atoms with van der Waals surface area (Å²) in [6.45, 7) is 2.29. The highest BCUT2D eigenvalue weighted by atomic mass is 16.4. The van der Waals surface area contributed by atoms with E-state index in [2.05, 4.69) is 0 Å². The van der Waals surface area contributed by atoms with Crippen LogP contribution in [0, 0.1) is 18.8 Å². The Morgan fingerprint density at radius 2 is 2.05 bits per heavy atom. The zero-order chi connectivity index (χ0) is 14.0. The fourth-order valence-corrected chi connectivity index (χ4v) is 2.62. The van der Waals surface area contributed by atoms with Gasteiger partial charge in [0.25, 0.3) is 0 Å². The van der Waals surface area contributed by atoms with E-state index < -0.39 is 5.97 Å². The van der Waals surface area contributed by atoms with E-state index in [1.165, 1.54) is 0 Å². The van der Waals surface area contributed by atoms with Crippen LogP contribution in [0.25, 0.3) is 0 Å². The summed E-state index contributed by atoms with van der Waals surface area (Å²) in [7, 11) is 1.73. The van der Waals surface area contributed by atoms with Crippen LogP contribution in [0.1, 0.15) is 30.8 Å². The van der Waals surface area contributed by atoms with Crippen LogP contribution >= 0.6 is 0 Å². The van der Waals surface area contributed by atoms with Crippen LogP contribution in [0.4, 0.5) is 0 Å². The Morgan fingerprint density at radius 3 is 2.58 bits per heavy atom. The van der Waals surface area contributed by atoms with Gasteiger partial charge in [-0.3, -0.25) is 9.59 Å². The van der Waals surface area contributed by atoms with Crippen LogP contribution in [0.15, 0.2) is 16.5 Å². The molecule has 104 valence electrons. The molecule has 2 rings (SSSR count). The average molecular weight is 265 g/mol. The molecule has 5 nitrogen and oxygen atoms in total. The predicted octanol–water partition coefficient (Wildman–Crippen LogP) is 2.05. The van der Waals surface area contributed by atoms with Gasteiger partial charge in [0.2, 0.25) is 5.91 Å². The lowest BCUT2D eigenvalue weighted by Gasteiger charge is -2.19. The highest BCUT2D eigenvalue weighted by molar-refractivity contribution is 5.80. The number of aryl methyl sites for hydroxylation is 1. The summed E-state index contributed by atoms with van der Waals surface area (Å²) >= 11 is 0. The molecule has 1 aromatic heterocycles. The summed E-state index contributed by atoms with van der Waals surface area (Å²) in [6.07, 6.45) is 1.71. The topological polar surface area (TPSA) is 70.8 Å². The lowest BCUT2D eigenvalue weighted by molar-refractivity contribution is -0.141. The van der Waals surface area contributed by atoms with Crippen LogP contribution in [-0.2, 0) is 16.1 Å². The number of carboxylic acid groups (broad SMARTS) is 1. The zero-order valence-electron chi connectivity index (χ0n) is 11.3. The molecule has 1 saturated carbocycles. The fourth-order valence-electron chi connectivity index (χ4n) is 2.62. The van der Waals surface area contributed by atoms with Gasteiger partial charge in [-0.15, -0.1) is 0 Å². The second-order valence-corrected chi connectivity index (χ2v) is 5.25. The molecule has 0 aromatic carbocycles. The normalized spacial score (nSPS) is 22.4. The number of nitrogens with zero attached hydrogens (tertiary/aromatic N) is 1. The molecule has 0 saturated heterocycles. The number of furan rings is 1. The van der Waals surface area contributed by atoms with Crippen molar-refractivity contribution in [2.45, 2.75) is 32.7 Å². The summed E-state index contributed by atoms with van der Waals surface area (Å²) in [5.74, 6) is 0.261. The first-order valence-electron chi connectivity index (χ1n) is 6.50. The molecule has 5 heteroatoms. The van der Waals surface area contributed by atoms with Crippen molar-refractivity contribution in [1.29, 1.82) is 0 Å². The number of aliphatic carboxylic acids is 1. The van der Waals surface area contributed by atoms with Crippen LogP contribution < -0.4 is 0 Å². The third-order valence-corrected chi connectivity index (χ3v) is 3.70. The Hall–Kier alpha value is -1.78. The molecule has 0 spiro atoms. The Labute approximate surface area is 112 Å². The molecule has 0 bridgehead atoms. The van der Waals surface area contributed by atoms with E-state index in [1.807, 2.05) is 19.1 Å². The minimum Gasteiger partial charge on any atom is -0.481 e. The highest BCUT2D eigenvalue weighted by Gasteiger charge is 2.35. The van der Waals surface area contributed by atoms with E-state index >= 15 is 0 Å². The second kappa shape index (κ2) is 5.47. The maximum atomic E-state index is 12.2. The third-order valence-electron chi connectivity index (χ3n) is 3.70. The van der Waals surface area contributed by atoms with E-state index in [1.54, 1.807) is 11.9 Å². The van der Waals surface area contributed by atoms with Gasteiger partial charge in [0.1, 0.15) is 11.5 Å². The van der Waals surface area contributed by atoms with Crippen molar-refractivity contribution in [2.24, 2.45) is 11.8 Å². The molecule has 0 aliphatic heterocycles. The number of carboxylic acids is 1. The molecular weight excluding hydrogens is 246 g/mol. The van der Waals surface area contributed by atoms with E-state index in [-0.39, 0.29) is 17.7 Å². The first-order valence-corrected chi connectivity index (χ1v) is 6.50. The molecular formula is C14H19NO4. The molecule has 2 unspecified atom stereocenters. The summed E-state index contributed by atoms with van der Waals surface area (Å²) in [6, 6.07) is 3.72. The number of carbonyl (C=O) groups excluding carboxylic acids is 1. The number of carbonyl (C=O) groups is 2. The van der Waals surface area contributed by atoms with Gasteiger partial charge in [-0.2, -0.15) is 0 Å². The van der Waals surface area contributed by atoms with Crippen molar-refractivity contribution in [3.63, 3.8) is 0 Å². The lowest BCUT2D eigenvalue weighted by Crippen LogP contribution is -2.31. The summed E-state index contributed by atoms with van der Waals surface area (Å²) in [5, 5.41) is 8.95. The monoisotopic (exact) mass is 265 g/mol. The second-order valence-electron chi connectivity index (χ2n) is 5.25. The van der Waals surface area contributed by atoms with Crippen molar-refractivity contribution in [1.82, 2.24) is 4.90 Å². The van der Waals surface area contributed by atoms with Crippen molar-refractivity contribution in [3.8, 4) is 0 Å². The Balaban J connectivity index is 1.91. The molecule has 1 aliphatic carbocycles.